The highest BCUT2D eigenvalue weighted by Crippen LogP contribution is 2.25. The smallest absolute Gasteiger partial charge is 0.324 e. The molecule has 0 aromatic carbocycles. The number of alkyl halides is 1. The first kappa shape index (κ1) is 13.9. The van der Waals surface area contributed by atoms with Gasteiger partial charge in [0.2, 0.25) is 0 Å². The van der Waals surface area contributed by atoms with Gasteiger partial charge >= 0.3 is 5.00 Å². The Morgan fingerprint density at radius 3 is 2.71 bits per heavy atom. The first-order chi connectivity index (χ1) is 8.10. The minimum atomic E-state index is -0.493. The third kappa shape index (κ3) is 3.67. The van der Waals surface area contributed by atoms with Gasteiger partial charge in [-0.1, -0.05) is 18.3 Å². The molecule has 94 valence electrons. The van der Waals surface area contributed by atoms with E-state index in [0.717, 1.165) is 17.8 Å². The number of rotatable bonds is 6. The molecule has 0 bridgehead atoms. The lowest BCUT2D eigenvalue weighted by Crippen LogP contribution is -2.32. The zero-order chi connectivity index (χ0) is 12.8. The normalized spacial score (nSPS) is 10.2. The van der Waals surface area contributed by atoms with Crippen LogP contribution in [0.3, 0.4) is 0 Å². The zero-order valence-corrected chi connectivity index (χ0v) is 11.0. The van der Waals surface area contributed by atoms with Crippen LogP contribution in [0.2, 0.25) is 0 Å². The minimum Gasteiger partial charge on any atom is -0.337 e. The lowest BCUT2D eigenvalue weighted by Gasteiger charge is -2.19. The fourth-order valence-electron chi connectivity index (χ4n) is 1.38. The average molecular weight is 277 g/mol. The standard InChI is InChI=1S/C10H13ClN2O3S/c1-2-6-12(7-5-11)10(14)8-3-4-9(17-8)13(15)16/h3-4H,2,5-7H2,1H3. The van der Waals surface area contributed by atoms with Gasteiger partial charge in [-0.25, -0.2) is 0 Å². The molecule has 0 atom stereocenters. The Labute approximate surface area is 108 Å². The predicted molar refractivity (Wildman–Crippen MR) is 67.9 cm³/mol. The van der Waals surface area contributed by atoms with Gasteiger partial charge in [0, 0.05) is 25.0 Å². The van der Waals surface area contributed by atoms with Crippen molar-refractivity contribution >= 4 is 33.8 Å². The van der Waals surface area contributed by atoms with Crippen molar-refractivity contribution in [2.75, 3.05) is 19.0 Å². The second kappa shape index (κ2) is 6.56. The molecule has 0 saturated heterocycles. The zero-order valence-electron chi connectivity index (χ0n) is 9.39. The van der Waals surface area contributed by atoms with E-state index in [1.165, 1.54) is 12.1 Å². The fraction of sp³-hybridized carbons (Fsp3) is 0.500. The van der Waals surface area contributed by atoms with E-state index in [4.69, 9.17) is 11.6 Å². The molecule has 0 spiro atoms. The van der Waals surface area contributed by atoms with Crippen LogP contribution in [0.25, 0.3) is 0 Å². The summed E-state index contributed by atoms with van der Waals surface area (Å²) in [5.41, 5.74) is 0. The third-order valence-corrected chi connectivity index (χ3v) is 3.31. The first-order valence-electron chi connectivity index (χ1n) is 5.19. The Morgan fingerprint density at radius 2 is 2.24 bits per heavy atom. The van der Waals surface area contributed by atoms with E-state index in [1.54, 1.807) is 4.90 Å². The Kier molecular flexibility index (Phi) is 5.37. The van der Waals surface area contributed by atoms with Gasteiger partial charge in [0.1, 0.15) is 0 Å². The Bertz CT molecular complexity index is 402. The largest absolute Gasteiger partial charge is 0.337 e. The first-order valence-corrected chi connectivity index (χ1v) is 6.54. The molecule has 0 saturated carbocycles. The molecule has 17 heavy (non-hydrogen) atoms. The maximum Gasteiger partial charge on any atom is 0.324 e. The highest BCUT2D eigenvalue weighted by molar-refractivity contribution is 7.17. The van der Waals surface area contributed by atoms with Crippen molar-refractivity contribution in [1.29, 1.82) is 0 Å². The molecule has 0 aliphatic rings. The van der Waals surface area contributed by atoms with Gasteiger partial charge in [-0.3, -0.25) is 14.9 Å². The SMILES string of the molecule is CCCN(CCCl)C(=O)c1ccc([N+](=O)[O-])s1. The van der Waals surface area contributed by atoms with Crippen LogP contribution in [0.15, 0.2) is 12.1 Å². The molecule has 0 unspecified atom stereocenters. The number of nitrogens with zero attached hydrogens (tertiary/aromatic N) is 2. The van der Waals surface area contributed by atoms with Crippen LogP contribution >= 0.6 is 22.9 Å². The lowest BCUT2D eigenvalue weighted by molar-refractivity contribution is -0.380. The summed E-state index contributed by atoms with van der Waals surface area (Å²) in [5.74, 6) is 0.171. The molecule has 0 aliphatic heterocycles. The highest BCUT2D eigenvalue weighted by Gasteiger charge is 2.19. The summed E-state index contributed by atoms with van der Waals surface area (Å²) in [7, 11) is 0. The van der Waals surface area contributed by atoms with Crippen molar-refractivity contribution in [3.05, 3.63) is 27.1 Å². The number of thiophene rings is 1. The van der Waals surface area contributed by atoms with E-state index in [2.05, 4.69) is 0 Å². The average Bonchev–Trinajstić information content (AvgIpc) is 2.77. The van der Waals surface area contributed by atoms with Crippen molar-refractivity contribution in [1.82, 2.24) is 4.90 Å². The van der Waals surface area contributed by atoms with E-state index < -0.39 is 4.92 Å². The van der Waals surface area contributed by atoms with Crippen LogP contribution in [0.1, 0.15) is 23.0 Å². The van der Waals surface area contributed by atoms with Gasteiger partial charge in [0.25, 0.3) is 5.91 Å². The summed E-state index contributed by atoms with van der Waals surface area (Å²) >= 11 is 6.52. The summed E-state index contributed by atoms with van der Waals surface area (Å²) in [4.78, 5) is 24.0. The summed E-state index contributed by atoms with van der Waals surface area (Å²) < 4.78 is 0. The van der Waals surface area contributed by atoms with Crippen LogP contribution in [0.4, 0.5) is 5.00 Å². The molecule has 1 aromatic heterocycles. The van der Waals surface area contributed by atoms with Crippen molar-refractivity contribution in [2.45, 2.75) is 13.3 Å². The van der Waals surface area contributed by atoms with Crippen LogP contribution in [0.5, 0.6) is 0 Å². The van der Waals surface area contributed by atoms with Crippen molar-refractivity contribution in [3.8, 4) is 0 Å². The Morgan fingerprint density at radius 1 is 1.53 bits per heavy atom. The molecule has 1 rings (SSSR count). The second-order valence-corrected chi connectivity index (χ2v) is 4.82. The molecular weight excluding hydrogens is 264 g/mol. The summed E-state index contributed by atoms with van der Waals surface area (Å²) in [6.45, 7) is 3.03. The highest BCUT2D eigenvalue weighted by atomic mass is 35.5. The number of amides is 1. The van der Waals surface area contributed by atoms with Gasteiger partial charge in [0.05, 0.1) is 9.80 Å². The number of hydrogen-bond acceptors (Lipinski definition) is 4. The van der Waals surface area contributed by atoms with Gasteiger partial charge in [-0.2, -0.15) is 0 Å². The van der Waals surface area contributed by atoms with Gasteiger partial charge in [-0.05, 0) is 12.5 Å². The van der Waals surface area contributed by atoms with E-state index in [0.29, 0.717) is 23.8 Å². The van der Waals surface area contributed by atoms with Crippen LogP contribution < -0.4 is 0 Å². The summed E-state index contributed by atoms with van der Waals surface area (Å²) in [6.07, 6.45) is 0.829. The van der Waals surface area contributed by atoms with Gasteiger partial charge in [0.15, 0.2) is 0 Å². The molecular formula is C10H13ClN2O3S. The molecule has 1 amide bonds. The summed E-state index contributed by atoms with van der Waals surface area (Å²) in [5, 5.41) is 10.5. The van der Waals surface area contributed by atoms with Gasteiger partial charge < -0.3 is 4.90 Å². The molecule has 0 aliphatic carbocycles. The van der Waals surface area contributed by atoms with E-state index in [1.807, 2.05) is 6.92 Å². The number of halogens is 1. The lowest BCUT2D eigenvalue weighted by atomic mass is 10.3. The van der Waals surface area contributed by atoms with E-state index in [-0.39, 0.29) is 10.9 Å². The number of carbonyl (C=O) groups is 1. The second-order valence-electron chi connectivity index (χ2n) is 3.38. The van der Waals surface area contributed by atoms with Crippen molar-refractivity contribution < 1.29 is 9.72 Å². The van der Waals surface area contributed by atoms with Crippen LogP contribution in [-0.2, 0) is 0 Å². The van der Waals surface area contributed by atoms with Crippen LogP contribution in [-0.4, -0.2) is 34.7 Å². The molecule has 5 nitrogen and oxygen atoms in total. The summed E-state index contributed by atoms with van der Waals surface area (Å²) in [6, 6.07) is 2.84. The number of nitro groups is 1. The maximum atomic E-state index is 12.0. The maximum absolute atomic E-state index is 12.0. The molecule has 1 aromatic rings. The van der Waals surface area contributed by atoms with Crippen molar-refractivity contribution in [2.24, 2.45) is 0 Å². The van der Waals surface area contributed by atoms with E-state index in [9.17, 15) is 14.9 Å². The Balaban J connectivity index is 2.81. The van der Waals surface area contributed by atoms with Crippen molar-refractivity contribution in [3.63, 3.8) is 0 Å². The van der Waals surface area contributed by atoms with Gasteiger partial charge in [-0.15, -0.1) is 11.6 Å². The monoisotopic (exact) mass is 276 g/mol. The minimum absolute atomic E-state index is 0.0179. The van der Waals surface area contributed by atoms with E-state index >= 15 is 0 Å². The third-order valence-electron chi connectivity index (χ3n) is 2.12. The van der Waals surface area contributed by atoms with Crippen LogP contribution in [0, 0.1) is 10.1 Å². The number of carbonyl (C=O) groups excluding carboxylic acids is 1. The predicted octanol–water partition coefficient (Wildman–Crippen LogP) is 2.75. The molecule has 7 heteroatoms. The molecule has 0 N–H and O–H groups in total. The molecule has 0 fully saturated rings. The Hall–Kier alpha value is -1.14. The number of hydrogen-bond donors (Lipinski definition) is 0. The fourth-order valence-corrected chi connectivity index (χ4v) is 2.38. The quantitative estimate of drug-likeness (QED) is 0.456. The molecule has 0 radical (unpaired) electrons. The molecule has 1 heterocycles. The topological polar surface area (TPSA) is 63.5 Å².